The van der Waals surface area contributed by atoms with Crippen LogP contribution in [0.15, 0.2) is 18.2 Å². The lowest BCUT2D eigenvalue weighted by atomic mass is 9.93. The Kier molecular flexibility index (Phi) is 4.80. The molecule has 0 bridgehead atoms. The van der Waals surface area contributed by atoms with Crippen LogP contribution >= 0.6 is 0 Å². The van der Waals surface area contributed by atoms with Crippen molar-refractivity contribution in [1.29, 1.82) is 0 Å². The lowest BCUT2D eigenvalue weighted by molar-refractivity contribution is -0.0734. The molecule has 1 aliphatic heterocycles. The number of likely N-dealkylation sites (N-methyl/N-ethyl adjacent to an activating group) is 1. The molecular weight excluding hydrogens is 277 g/mol. The molecule has 6 heteroatoms. The van der Waals surface area contributed by atoms with Crippen LogP contribution in [0.1, 0.15) is 23.2 Å². The van der Waals surface area contributed by atoms with Crippen molar-refractivity contribution in [1.82, 2.24) is 4.90 Å². The molecule has 0 aliphatic carbocycles. The first-order chi connectivity index (χ1) is 9.95. The smallest absolute Gasteiger partial charge is 0.253 e. The van der Waals surface area contributed by atoms with Gasteiger partial charge in [-0.25, -0.2) is 4.39 Å². The van der Waals surface area contributed by atoms with Crippen LogP contribution in [0.5, 0.6) is 5.75 Å². The number of carbonyl (C=O) groups excluding carboxylic acids is 1. The van der Waals surface area contributed by atoms with Crippen molar-refractivity contribution in [2.75, 3.05) is 33.9 Å². The second-order valence-electron chi connectivity index (χ2n) is 5.35. The normalized spacial score (nSPS) is 17.3. The highest BCUT2D eigenvalue weighted by Gasteiger charge is 2.32. The number of methoxy groups -OCH3 is 1. The highest BCUT2D eigenvalue weighted by atomic mass is 19.1. The number of aliphatic hydroxyl groups is 1. The average molecular weight is 297 g/mol. The van der Waals surface area contributed by atoms with Crippen LogP contribution in [0.3, 0.4) is 0 Å². The van der Waals surface area contributed by atoms with Gasteiger partial charge in [-0.2, -0.15) is 0 Å². The van der Waals surface area contributed by atoms with Crippen LogP contribution in [0.25, 0.3) is 0 Å². The Balaban J connectivity index is 2.08. The van der Waals surface area contributed by atoms with Gasteiger partial charge in [0.1, 0.15) is 0 Å². The van der Waals surface area contributed by atoms with E-state index in [2.05, 4.69) is 0 Å². The second-order valence-corrected chi connectivity index (χ2v) is 5.35. The summed E-state index contributed by atoms with van der Waals surface area (Å²) in [6.45, 7) is 1.20. The Hall–Kier alpha value is -1.66. The summed E-state index contributed by atoms with van der Waals surface area (Å²) in [4.78, 5) is 13.8. The van der Waals surface area contributed by atoms with Crippen molar-refractivity contribution in [2.24, 2.45) is 0 Å². The molecule has 1 amide bonds. The van der Waals surface area contributed by atoms with Crippen LogP contribution in [0.2, 0.25) is 0 Å². The van der Waals surface area contributed by atoms with Gasteiger partial charge >= 0.3 is 0 Å². The number of ether oxygens (including phenoxy) is 2. The number of hydrogen-bond acceptors (Lipinski definition) is 4. The summed E-state index contributed by atoms with van der Waals surface area (Å²) in [5.41, 5.74) is -0.598. The number of benzene rings is 1. The predicted octanol–water partition coefficient (Wildman–Crippen LogP) is 1.45. The van der Waals surface area contributed by atoms with Crippen LogP contribution in [0.4, 0.5) is 4.39 Å². The lowest BCUT2D eigenvalue weighted by Gasteiger charge is -2.35. The van der Waals surface area contributed by atoms with Gasteiger partial charge in [-0.05, 0) is 18.2 Å². The summed E-state index contributed by atoms with van der Waals surface area (Å²) in [5.74, 6) is -0.771. The molecule has 0 spiro atoms. The summed E-state index contributed by atoms with van der Waals surface area (Å²) in [6, 6.07) is 3.97. The topological polar surface area (TPSA) is 59.0 Å². The summed E-state index contributed by atoms with van der Waals surface area (Å²) in [6.07, 6.45) is 0.995. The maximum Gasteiger partial charge on any atom is 0.253 e. The molecule has 21 heavy (non-hydrogen) atoms. The molecule has 1 aromatic rings. The van der Waals surface area contributed by atoms with E-state index in [1.54, 1.807) is 7.05 Å². The van der Waals surface area contributed by atoms with Crippen LogP contribution in [0, 0.1) is 5.82 Å². The Morgan fingerprint density at radius 1 is 1.48 bits per heavy atom. The first-order valence-corrected chi connectivity index (χ1v) is 6.84. The minimum Gasteiger partial charge on any atom is -0.494 e. The van der Waals surface area contributed by atoms with Gasteiger partial charge in [0.2, 0.25) is 0 Å². The van der Waals surface area contributed by atoms with Gasteiger partial charge in [0.05, 0.1) is 12.7 Å². The van der Waals surface area contributed by atoms with E-state index in [1.165, 1.54) is 30.2 Å². The fourth-order valence-electron chi connectivity index (χ4n) is 2.44. The fourth-order valence-corrected chi connectivity index (χ4v) is 2.44. The van der Waals surface area contributed by atoms with Gasteiger partial charge in [-0.3, -0.25) is 4.79 Å². The zero-order chi connectivity index (χ0) is 15.5. The van der Waals surface area contributed by atoms with E-state index >= 15 is 0 Å². The summed E-state index contributed by atoms with van der Waals surface area (Å²) in [5, 5.41) is 10.4. The van der Waals surface area contributed by atoms with E-state index in [-0.39, 0.29) is 18.2 Å². The van der Waals surface area contributed by atoms with Crippen LogP contribution in [-0.4, -0.2) is 55.4 Å². The number of amides is 1. The summed E-state index contributed by atoms with van der Waals surface area (Å²) in [7, 11) is 2.97. The van der Waals surface area contributed by atoms with Gasteiger partial charge in [0.15, 0.2) is 11.6 Å². The van der Waals surface area contributed by atoms with Gasteiger partial charge in [0, 0.05) is 45.2 Å². The molecule has 5 nitrogen and oxygen atoms in total. The van der Waals surface area contributed by atoms with E-state index in [0.717, 1.165) is 0 Å². The first kappa shape index (κ1) is 15.7. The van der Waals surface area contributed by atoms with E-state index in [1.807, 2.05) is 0 Å². The molecule has 1 heterocycles. The standard InChI is InChI=1S/C15H20FNO4/c1-17(10-15(19)5-7-21-8-6-15)14(18)11-3-4-12(16)13(9-11)20-2/h3-4,9,19H,5-8,10H2,1-2H3. The molecule has 1 saturated heterocycles. The molecule has 2 rings (SSSR count). The maximum absolute atomic E-state index is 13.4. The zero-order valence-electron chi connectivity index (χ0n) is 12.3. The van der Waals surface area contributed by atoms with E-state index in [4.69, 9.17) is 9.47 Å². The molecule has 1 fully saturated rings. The minimum absolute atomic E-state index is 0.0269. The lowest BCUT2D eigenvalue weighted by Crippen LogP contribution is -2.47. The van der Waals surface area contributed by atoms with Crippen molar-refractivity contribution in [3.8, 4) is 5.75 Å². The SMILES string of the molecule is COc1cc(C(=O)N(C)CC2(O)CCOCC2)ccc1F. The first-order valence-electron chi connectivity index (χ1n) is 6.84. The van der Waals surface area contributed by atoms with Crippen molar-refractivity contribution < 1.29 is 23.8 Å². The van der Waals surface area contributed by atoms with Gasteiger partial charge in [-0.1, -0.05) is 0 Å². The van der Waals surface area contributed by atoms with Gasteiger partial charge in [-0.15, -0.1) is 0 Å². The summed E-state index contributed by atoms with van der Waals surface area (Å²) >= 11 is 0. The Morgan fingerprint density at radius 3 is 2.76 bits per heavy atom. The molecule has 0 radical (unpaired) electrons. The Bertz CT molecular complexity index is 514. The number of hydrogen-bond donors (Lipinski definition) is 1. The largest absolute Gasteiger partial charge is 0.494 e. The Morgan fingerprint density at radius 2 is 2.14 bits per heavy atom. The molecule has 0 atom stereocenters. The quantitative estimate of drug-likeness (QED) is 0.914. The van der Waals surface area contributed by atoms with Gasteiger partial charge < -0.3 is 19.5 Å². The number of nitrogens with zero attached hydrogens (tertiary/aromatic N) is 1. The van der Waals surface area contributed by atoms with Crippen molar-refractivity contribution >= 4 is 5.91 Å². The molecule has 1 N–H and O–H groups in total. The third-order valence-corrected chi connectivity index (χ3v) is 3.70. The van der Waals surface area contributed by atoms with Crippen molar-refractivity contribution in [2.45, 2.75) is 18.4 Å². The maximum atomic E-state index is 13.4. The second kappa shape index (κ2) is 6.41. The fraction of sp³-hybridized carbons (Fsp3) is 0.533. The molecule has 0 unspecified atom stereocenters. The molecular formula is C15H20FNO4. The monoisotopic (exact) mass is 297 g/mol. The Labute approximate surface area is 123 Å². The molecule has 1 aliphatic rings. The molecule has 1 aromatic carbocycles. The third-order valence-electron chi connectivity index (χ3n) is 3.70. The van der Waals surface area contributed by atoms with Crippen molar-refractivity contribution in [3.05, 3.63) is 29.6 Å². The molecule has 0 saturated carbocycles. The molecule has 116 valence electrons. The number of carbonyl (C=O) groups is 1. The van der Waals surface area contributed by atoms with E-state index in [0.29, 0.717) is 31.6 Å². The minimum atomic E-state index is -0.924. The highest BCUT2D eigenvalue weighted by molar-refractivity contribution is 5.94. The van der Waals surface area contributed by atoms with Gasteiger partial charge in [0.25, 0.3) is 5.91 Å². The zero-order valence-corrected chi connectivity index (χ0v) is 12.3. The summed E-state index contributed by atoms with van der Waals surface area (Å²) < 4.78 is 23.5. The van der Waals surface area contributed by atoms with E-state index < -0.39 is 11.4 Å². The molecule has 0 aromatic heterocycles. The van der Waals surface area contributed by atoms with E-state index in [9.17, 15) is 14.3 Å². The third kappa shape index (κ3) is 3.71. The van der Waals surface area contributed by atoms with Crippen LogP contribution in [-0.2, 0) is 4.74 Å². The highest BCUT2D eigenvalue weighted by Crippen LogP contribution is 2.23. The van der Waals surface area contributed by atoms with Crippen molar-refractivity contribution in [3.63, 3.8) is 0 Å². The number of halogens is 1. The van der Waals surface area contributed by atoms with Crippen LogP contribution < -0.4 is 4.74 Å². The average Bonchev–Trinajstić information content (AvgIpc) is 2.47. The number of rotatable bonds is 4. The predicted molar refractivity (Wildman–Crippen MR) is 74.9 cm³/mol.